The number of benzene rings is 1. The lowest BCUT2D eigenvalue weighted by atomic mass is 10.1. The van der Waals surface area contributed by atoms with Gasteiger partial charge in [0, 0.05) is 13.2 Å². The van der Waals surface area contributed by atoms with Crippen molar-refractivity contribution in [2.24, 2.45) is 0 Å². The summed E-state index contributed by atoms with van der Waals surface area (Å²) in [6.45, 7) is 0.757. The van der Waals surface area contributed by atoms with Crippen molar-refractivity contribution in [3.05, 3.63) is 23.8 Å². The number of carbonyl (C=O) groups is 3. The highest BCUT2D eigenvalue weighted by Crippen LogP contribution is 2.32. The average Bonchev–Trinajstić information content (AvgIpc) is 3.08. The van der Waals surface area contributed by atoms with Gasteiger partial charge in [-0.3, -0.25) is 14.5 Å². The van der Waals surface area contributed by atoms with E-state index in [9.17, 15) is 14.4 Å². The number of hydrogen-bond acceptors (Lipinski definition) is 5. The summed E-state index contributed by atoms with van der Waals surface area (Å²) in [4.78, 5) is 36.5. The van der Waals surface area contributed by atoms with Crippen LogP contribution in [0.3, 0.4) is 0 Å². The van der Waals surface area contributed by atoms with Crippen molar-refractivity contribution >= 4 is 23.5 Å². The van der Waals surface area contributed by atoms with Crippen LogP contribution in [-0.2, 0) is 14.3 Å². The first kappa shape index (κ1) is 16.3. The van der Waals surface area contributed by atoms with Crippen LogP contribution in [0, 0.1) is 0 Å². The molecule has 2 aliphatic rings. The van der Waals surface area contributed by atoms with Crippen LogP contribution in [-0.4, -0.2) is 55.3 Å². The van der Waals surface area contributed by atoms with E-state index in [4.69, 9.17) is 14.6 Å². The second-order valence-corrected chi connectivity index (χ2v) is 5.70. The number of anilines is 1. The first-order valence-electron chi connectivity index (χ1n) is 7.73. The van der Waals surface area contributed by atoms with Crippen LogP contribution in [0.2, 0.25) is 0 Å². The van der Waals surface area contributed by atoms with Crippen molar-refractivity contribution in [1.29, 1.82) is 0 Å². The molecule has 24 heavy (non-hydrogen) atoms. The maximum Gasteiger partial charge on any atom is 0.335 e. The molecule has 2 aliphatic heterocycles. The number of nitrogens with one attached hydrogen (secondary N) is 1. The maximum atomic E-state index is 12.1. The Kier molecular flexibility index (Phi) is 4.66. The van der Waals surface area contributed by atoms with E-state index in [0.29, 0.717) is 18.8 Å². The molecular weight excluding hydrogens is 316 g/mol. The van der Waals surface area contributed by atoms with E-state index in [1.165, 1.54) is 23.1 Å². The molecule has 0 unspecified atom stereocenters. The topological polar surface area (TPSA) is 105 Å². The van der Waals surface area contributed by atoms with Gasteiger partial charge in [-0.15, -0.1) is 0 Å². The van der Waals surface area contributed by atoms with Crippen LogP contribution in [0.1, 0.15) is 23.2 Å². The average molecular weight is 334 g/mol. The van der Waals surface area contributed by atoms with Crippen molar-refractivity contribution in [3.8, 4) is 5.75 Å². The molecule has 2 amide bonds. The Morgan fingerprint density at radius 2 is 2.21 bits per heavy atom. The molecule has 1 aromatic carbocycles. The molecule has 3 rings (SSSR count). The van der Waals surface area contributed by atoms with Gasteiger partial charge in [0.2, 0.25) is 5.91 Å². The van der Waals surface area contributed by atoms with Gasteiger partial charge in [-0.25, -0.2) is 4.79 Å². The second-order valence-electron chi connectivity index (χ2n) is 5.70. The summed E-state index contributed by atoms with van der Waals surface area (Å²) in [5.74, 6) is -1.45. The zero-order chi connectivity index (χ0) is 17.1. The number of nitrogens with zero attached hydrogens (tertiary/aromatic N) is 1. The first-order valence-corrected chi connectivity index (χ1v) is 7.73. The fraction of sp³-hybridized carbons (Fsp3) is 0.438. The number of carbonyl (C=O) groups excluding carboxylic acids is 2. The zero-order valence-corrected chi connectivity index (χ0v) is 13.0. The third-order valence-electron chi connectivity index (χ3n) is 4.00. The Balaban J connectivity index is 1.67. The summed E-state index contributed by atoms with van der Waals surface area (Å²) >= 11 is 0. The Hall–Kier alpha value is -2.61. The summed E-state index contributed by atoms with van der Waals surface area (Å²) in [6, 6.07) is 4.20. The highest BCUT2D eigenvalue weighted by atomic mass is 16.5. The molecule has 8 heteroatoms. The van der Waals surface area contributed by atoms with Gasteiger partial charge in [0.15, 0.2) is 6.61 Å². The quantitative estimate of drug-likeness (QED) is 0.808. The van der Waals surface area contributed by atoms with Gasteiger partial charge in [0.1, 0.15) is 12.3 Å². The lowest BCUT2D eigenvalue weighted by molar-refractivity contribution is -0.125. The molecule has 0 aliphatic carbocycles. The van der Waals surface area contributed by atoms with E-state index < -0.39 is 5.97 Å². The molecule has 1 saturated heterocycles. The highest BCUT2D eigenvalue weighted by Gasteiger charge is 2.28. The Bertz CT molecular complexity index is 669. The SMILES string of the molecule is O=C(CN1C(=O)COc2cc(C(=O)O)ccc21)NC[C@@H]1CCCO1. The van der Waals surface area contributed by atoms with E-state index in [0.717, 1.165) is 12.8 Å². The molecule has 1 fully saturated rings. The van der Waals surface area contributed by atoms with Gasteiger partial charge >= 0.3 is 5.97 Å². The molecule has 8 nitrogen and oxygen atoms in total. The van der Waals surface area contributed by atoms with Crippen molar-refractivity contribution in [2.75, 3.05) is 31.2 Å². The lowest BCUT2D eigenvalue weighted by Gasteiger charge is -2.29. The van der Waals surface area contributed by atoms with E-state index in [2.05, 4.69) is 5.32 Å². The van der Waals surface area contributed by atoms with E-state index in [1.807, 2.05) is 0 Å². The lowest BCUT2D eigenvalue weighted by Crippen LogP contribution is -2.46. The predicted molar refractivity (Wildman–Crippen MR) is 83.2 cm³/mol. The number of aromatic carboxylic acids is 1. The van der Waals surface area contributed by atoms with Gasteiger partial charge in [0.05, 0.1) is 17.4 Å². The zero-order valence-electron chi connectivity index (χ0n) is 13.0. The minimum absolute atomic E-state index is 0.0275. The van der Waals surface area contributed by atoms with E-state index in [-0.39, 0.29) is 42.4 Å². The summed E-state index contributed by atoms with van der Waals surface area (Å²) in [5, 5.41) is 11.8. The van der Waals surface area contributed by atoms with Gasteiger partial charge in [0.25, 0.3) is 5.91 Å². The normalized spacial score (nSPS) is 19.6. The summed E-state index contributed by atoms with van der Waals surface area (Å²) in [5.41, 5.74) is 0.453. The number of ether oxygens (including phenoxy) is 2. The maximum absolute atomic E-state index is 12.1. The monoisotopic (exact) mass is 334 g/mol. The predicted octanol–water partition coefficient (Wildman–Crippen LogP) is 0.405. The summed E-state index contributed by atoms with van der Waals surface area (Å²) < 4.78 is 10.7. The Morgan fingerprint density at radius 3 is 2.92 bits per heavy atom. The molecule has 1 atom stereocenters. The van der Waals surface area contributed by atoms with Crippen molar-refractivity contribution in [1.82, 2.24) is 5.32 Å². The molecular formula is C16H18N2O6. The minimum Gasteiger partial charge on any atom is -0.482 e. The van der Waals surface area contributed by atoms with Crippen LogP contribution in [0.5, 0.6) is 5.75 Å². The van der Waals surface area contributed by atoms with Gasteiger partial charge in [-0.1, -0.05) is 0 Å². The molecule has 0 spiro atoms. The Labute approximate surface area is 138 Å². The largest absolute Gasteiger partial charge is 0.482 e. The molecule has 1 aromatic rings. The molecule has 2 N–H and O–H groups in total. The van der Waals surface area contributed by atoms with Crippen LogP contribution < -0.4 is 15.0 Å². The fourth-order valence-corrected chi connectivity index (χ4v) is 2.74. The minimum atomic E-state index is -1.08. The van der Waals surface area contributed by atoms with Gasteiger partial charge < -0.3 is 19.9 Å². The molecule has 0 bridgehead atoms. The second kappa shape index (κ2) is 6.88. The number of amides is 2. The van der Waals surface area contributed by atoms with Crippen LogP contribution in [0.4, 0.5) is 5.69 Å². The first-order chi connectivity index (χ1) is 11.5. The number of rotatable bonds is 5. The van der Waals surface area contributed by atoms with Crippen LogP contribution >= 0.6 is 0 Å². The molecule has 128 valence electrons. The standard InChI is InChI=1S/C16H18N2O6/c19-14(17-7-11-2-1-5-23-11)8-18-12-4-3-10(16(21)22)6-13(12)24-9-15(18)20/h3-4,6,11H,1-2,5,7-9H2,(H,17,19)(H,21,22)/t11-/m0/s1. The number of fused-ring (bicyclic) bond motifs is 1. The van der Waals surface area contributed by atoms with Crippen molar-refractivity contribution in [2.45, 2.75) is 18.9 Å². The smallest absolute Gasteiger partial charge is 0.335 e. The molecule has 0 aromatic heterocycles. The van der Waals surface area contributed by atoms with Gasteiger partial charge in [-0.2, -0.15) is 0 Å². The third-order valence-corrected chi connectivity index (χ3v) is 4.00. The number of hydrogen-bond donors (Lipinski definition) is 2. The van der Waals surface area contributed by atoms with Crippen molar-refractivity contribution in [3.63, 3.8) is 0 Å². The highest BCUT2D eigenvalue weighted by molar-refractivity contribution is 6.02. The Morgan fingerprint density at radius 1 is 1.38 bits per heavy atom. The third kappa shape index (κ3) is 3.48. The summed E-state index contributed by atoms with van der Waals surface area (Å²) in [7, 11) is 0. The van der Waals surface area contributed by atoms with Crippen molar-refractivity contribution < 1.29 is 29.0 Å². The molecule has 2 heterocycles. The van der Waals surface area contributed by atoms with Crippen LogP contribution in [0.25, 0.3) is 0 Å². The van der Waals surface area contributed by atoms with Gasteiger partial charge in [-0.05, 0) is 31.0 Å². The molecule has 0 saturated carbocycles. The number of carboxylic acid groups (broad SMARTS) is 1. The summed E-state index contributed by atoms with van der Waals surface area (Å²) in [6.07, 6.45) is 1.93. The van der Waals surface area contributed by atoms with E-state index in [1.54, 1.807) is 0 Å². The molecule has 0 radical (unpaired) electrons. The number of carboxylic acids is 1. The van der Waals surface area contributed by atoms with E-state index >= 15 is 0 Å². The van der Waals surface area contributed by atoms with Crippen LogP contribution in [0.15, 0.2) is 18.2 Å². The fourth-order valence-electron chi connectivity index (χ4n) is 2.74.